The van der Waals surface area contributed by atoms with Crippen LogP contribution in [0.1, 0.15) is 90.4 Å². The lowest BCUT2D eigenvalue weighted by molar-refractivity contribution is -0.142. The van der Waals surface area contributed by atoms with Gasteiger partial charge >= 0.3 is 5.97 Å². The third-order valence-corrected chi connectivity index (χ3v) is 4.00. The number of nitrogens with zero attached hydrogens (tertiary/aromatic N) is 3. The average Bonchev–Trinajstić information content (AvgIpc) is 2.54. The Hall–Kier alpha value is -1.22. The van der Waals surface area contributed by atoms with E-state index in [1.165, 1.54) is 71.3 Å². The van der Waals surface area contributed by atoms with E-state index in [2.05, 4.69) is 21.7 Å². The molecule has 5 heteroatoms. The number of unbranched alkanes of at least 4 members (excludes halogenated alkanes) is 11. The minimum Gasteiger partial charge on any atom is -0.469 e. The largest absolute Gasteiger partial charge is 0.469 e. The highest BCUT2D eigenvalue weighted by atomic mass is 16.5. The van der Waals surface area contributed by atoms with Crippen molar-refractivity contribution < 1.29 is 9.53 Å². The highest BCUT2D eigenvalue weighted by molar-refractivity contribution is 5.75. The Morgan fingerprint density at radius 2 is 1.41 bits per heavy atom. The predicted molar refractivity (Wildman–Crippen MR) is 90.6 cm³/mol. The molecule has 0 aromatic heterocycles. The van der Waals surface area contributed by atoms with E-state index in [9.17, 15) is 4.79 Å². The second-order valence-electron chi connectivity index (χ2n) is 5.92. The summed E-state index contributed by atoms with van der Waals surface area (Å²) in [6.45, 7) is 2.25. The maximum atomic E-state index is 11.3. The molecule has 0 rings (SSSR count). The fourth-order valence-electron chi connectivity index (χ4n) is 2.60. The lowest BCUT2D eigenvalue weighted by Gasteiger charge is -2.08. The van der Waals surface area contributed by atoms with Crippen LogP contribution < -0.4 is 0 Å². The Bertz CT molecular complexity index is 315. The summed E-state index contributed by atoms with van der Waals surface area (Å²) in [6, 6.07) is -0.655. The van der Waals surface area contributed by atoms with Gasteiger partial charge in [-0.15, -0.1) is 0 Å². The topological polar surface area (TPSA) is 75.1 Å². The van der Waals surface area contributed by atoms with Crippen molar-refractivity contribution in [3.05, 3.63) is 10.4 Å². The number of carbonyl (C=O) groups excluding carboxylic acids is 1. The highest BCUT2D eigenvalue weighted by Crippen LogP contribution is 2.14. The predicted octanol–water partition coefficient (Wildman–Crippen LogP) is 5.93. The first-order valence-corrected chi connectivity index (χ1v) is 8.88. The van der Waals surface area contributed by atoms with Crippen LogP contribution in [0, 0.1) is 0 Å². The molecule has 1 atom stereocenters. The van der Waals surface area contributed by atoms with E-state index < -0.39 is 12.0 Å². The molecule has 0 spiro atoms. The summed E-state index contributed by atoms with van der Waals surface area (Å²) in [5.74, 6) is -0.430. The zero-order valence-corrected chi connectivity index (χ0v) is 14.4. The zero-order valence-electron chi connectivity index (χ0n) is 14.4. The zero-order chi connectivity index (χ0) is 16.5. The fraction of sp³-hybridized carbons (Fsp3) is 0.941. The number of hydrogen-bond donors (Lipinski definition) is 0. The Balaban J connectivity index is 3.38. The molecule has 0 heterocycles. The van der Waals surface area contributed by atoms with E-state index >= 15 is 0 Å². The normalized spacial score (nSPS) is 11.7. The van der Waals surface area contributed by atoms with Crippen molar-refractivity contribution in [3.63, 3.8) is 0 Å². The Morgan fingerprint density at radius 3 is 1.82 bits per heavy atom. The van der Waals surface area contributed by atoms with Crippen molar-refractivity contribution in [1.82, 2.24) is 0 Å². The molecule has 0 aromatic carbocycles. The van der Waals surface area contributed by atoms with Crippen LogP contribution in [0.25, 0.3) is 10.4 Å². The first-order chi connectivity index (χ1) is 10.8. The smallest absolute Gasteiger partial charge is 0.314 e. The van der Waals surface area contributed by atoms with E-state index in [1.807, 2.05) is 0 Å². The molecule has 0 saturated heterocycles. The van der Waals surface area contributed by atoms with Gasteiger partial charge in [0.05, 0.1) is 7.11 Å². The van der Waals surface area contributed by atoms with Gasteiger partial charge in [0.2, 0.25) is 0 Å². The van der Waals surface area contributed by atoms with Gasteiger partial charge in [0.25, 0.3) is 0 Å². The molecule has 0 amide bonds. The van der Waals surface area contributed by atoms with Gasteiger partial charge in [-0.3, -0.25) is 4.79 Å². The number of rotatable bonds is 15. The third kappa shape index (κ3) is 12.5. The first-order valence-electron chi connectivity index (χ1n) is 8.88. The van der Waals surface area contributed by atoms with Crippen molar-refractivity contribution in [2.45, 2.75) is 96.4 Å². The Morgan fingerprint density at radius 1 is 0.955 bits per heavy atom. The lowest BCUT2D eigenvalue weighted by Crippen LogP contribution is -2.19. The number of azide groups is 1. The minimum atomic E-state index is -0.655. The van der Waals surface area contributed by atoms with E-state index in [4.69, 9.17) is 5.53 Å². The van der Waals surface area contributed by atoms with Crippen LogP contribution in [0.15, 0.2) is 5.11 Å². The summed E-state index contributed by atoms with van der Waals surface area (Å²) in [7, 11) is 1.32. The molecular formula is C17H33N3O2. The van der Waals surface area contributed by atoms with Crippen LogP contribution in [-0.2, 0) is 9.53 Å². The summed E-state index contributed by atoms with van der Waals surface area (Å²) < 4.78 is 4.62. The van der Waals surface area contributed by atoms with E-state index in [-0.39, 0.29) is 0 Å². The number of methoxy groups -OCH3 is 1. The van der Waals surface area contributed by atoms with Gasteiger partial charge in [-0.1, -0.05) is 89.1 Å². The number of hydrogen-bond acceptors (Lipinski definition) is 3. The van der Waals surface area contributed by atoms with Crippen LogP contribution in [0.4, 0.5) is 0 Å². The van der Waals surface area contributed by atoms with Crippen molar-refractivity contribution in [3.8, 4) is 0 Å². The monoisotopic (exact) mass is 311 g/mol. The highest BCUT2D eigenvalue weighted by Gasteiger charge is 2.16. The van der Waals surface area contributed by atoms with Gasteiger partial charge in [0.15, 0.2) is 0 Å². The van der Waals surface area contributed by atoms with Crippen LogP contribution >= 0.6 is 0 Å². The second-order valence-corrected chi connectivity index (χ2v) is 5.92. The molecule has 0 aliphatic heterocycles. The molecule has 0 aliphatic carbocycles. The van der Waals surface area contributed by atoms with Crippen LogP contribution in [-0.4, -0.2) is 19.1 Å². The van der Waals surface area contributed by atoms with Crippen molar-refractivity contribution in [2.75, 3.05) is 7.11 Å². The molecule has 0 aromatic rings. The van der Waals surface area contributed by atoms with Crippen LogP contribution in [0.2, 0.25) is 0 Å². The molecule has 0 N–H and O–H groups in total. The summed E-state index contributed by atoms with van der Waals surface area (Å²) in [4.78, 5) is 14.1. The number of esters is 1. The summed E-state index contributed by atoms with van der Waals surface area (Å²) in [6.07, 6.45) is 15.9. The van der Waals surface area contributed by atoms with Gasteiger partial charge in [-0.25, -0.2) is 0 Å². The number of carbonyl (C=O) groups is 1. The molecule has 0 bridgehead atoms. The summed E-state index contributed by atoms with van der Waals surface area (Å²) in [5, 5.41) is 3.49. The maximum absolute atomic E-state index is 11.3. The quantitative estimate of drug-likeness (QED) is 0.123. The van der Waals surface area contributed by atoms with Crippen molar-refractivity contribution >= 4 is 5.97 Å². The summed E-state index contributed by atoms with van der Waals surface area (Å²) >= 11 is 0. The van der Waals surface area contributed by atoms with Crippen molar-refractivity contribution in [2.24, 2.45) is 5.11 Å². The Labute approximate surface area is 135 Å². The maximum Gasteiger partial charge on any atom is 0.314 e. The van der Waals surface area contributed by atoms with Gasteiger partial charge in [-0.05, 0) is 12.0 Å². The van der Waals surface area contributed by atoms with Crippen molar-refractivity contribution in [1.29, 1.82) is 0 Å². The van der Waals surface area contributed by atoms with E-state index in [1.54, 1.807) is 0 Å². The van der Waals surface area contributed by atoms with Crippen LogP contribution in [0.3, 0.4) is 0 Å². The first kappa shape index (κ1) is 20.8. The molecule has 22 heavy (non-hydrogen) atoms. The lowest BCUT2D eigenvalue weighted by atomic mass is 10.0. The molecule has 128 valence electrons. The van der Waals surface area contributed by atoms with Gasteiger partial charge in [0, 0.05) is 4.91 Å². The standard InChI is InChI=1S/C17H33N3O2/c1-3-4-5-6-7-8-9-10-11-12-13-14-15-16(19-20-18)17(21)22-2/h16H,3-15H2,1-2H3. The minimum absolute atomic E-state index is 0.430. The van der Waals surface area contributed by atoms with Gasteiger partial charge in [-0.2, -0.15) is 0 Å². The molecular weight excluding hydrogens is 278 g/mol. The van der Waals surface area contributed by atoms with Crippen LogP contribution in [0.5, 0.6) is 0 Å². The molecule has 0 radical (unpaired) electrons. The molecule has 0 fully saturated rings. The molecule has 1 unspecified atom stereocenters. The molecule has 0 aliphatic rings. The summed E-state index contributed by atoms with van der Waals surface area (Å²) in [5.41, 5.74) is 8.42. The van der Waals surface area contributed by atoms with Gasteiger partial charge in [0.1, 0.15) is 6.04 Å². The van der Waals surface area contributed by atoms with Gasteiger partial charge < -0.3 is 4.74 Å². The number of ether oxygens (including phenoxy) is 1. The fourth-order valence-corrected chi connectivity index (χ4v) is 2.60. The molecule has 0 saturated carbocycles. The SMILES string of the molecule is CCCCCCCCCCCCCCC(N=[N+]=[N-])C(=O)OC. The van der Waals surface area contributed by atoms with E-state index in [0.717, 1.165) is 12.8 Å². The van der Waals surface area contributed by atoms with E-state index in [0.29, 0.717) is 6.42 Å². The average molecular weight is 311 g/mol. The third-order valence-electron chi connectivity index (χ3n) is 4.00. The Kier molecular flexibility index (Phi) is 15.3. The molecule has 5 nitrogen and oxygen atoms in total. The second kappa shape index (κ2) is 16.2.